The van der Waals surface area contributed by atoms with Crippen LogP contribution in [-0.4, -0.2) is 27.9 Å². The minimum atomic E-state index is 0.355. The molecule has 0 saturated heterocycles. The number of fused-ring (bicyclic) bond motifs is 1. The molecule has 1 aliphatic rings. The van der Waals surface area contributed by atoms with Crippen molar-refractivity contribution in [3.8, 4) is 5.75 Å². The maximum Gasteiger partial charge on any atom is 0.229 e. The monoisotopic (exact) mass is 364 g/mol. The van der Waals surface area contributed by atoms with E-state index in [0.29, 0.717) is 11.7 Å². The number of nitrogens with one attached hydrogen (secondary N) is 1. The average Bonchev–Trinajstić information content (AvgIpc) is 2.69. The molecule has 2 heterocycles. The Hall–Kier alpha value is -2.73. The molecule has 0 unspecified atom stereocenters. The Morgan fingerprint density at radius 1 is 1.12 bits per heavy atom. The second-order valence-electron chi connectivity index (χ2n) is 6.12. The van der Waals surface area contributed by atoms with E-state index in [4.69, 9.17) is 0 Å². The maximum atomic E-state index is 10.1. The van der Waals surface area contributed by atoms with Gasteiger partial charge in [-0.15, -0.1) is 11.8 Å². The molecule has 0 aliphatic carbocycles. The van der Waals surface area contributed by atoms with E-state index < -0.39 is 0 Å². The van der Waals surface area contributed by atoms with Gasteiger partial charge in [0.25, 0.3) is 0 Å². The first kappa shape index (κ1) is 16.7. The highest BCUT2D eigenvalue weighted by Gasteiger charge is 2.21. The third-order valence-electron chi connectivity index (χ3n) is 4.49. The predicted molar refractivity (Wildman–Crippen MR) is 107 cm³/mol. The SMILES string of the molecule is CSc1ccc(Nc2nccc(N3CCCc4c(O)cccc43)n2)cc1. The van der Waals surface area contributed by atoms with Crippen molar-refractivity contribution in [3.05, 3.63) is 60.3 Å². The van der Waals surface area contributed by atoms with Gasteiger partial charge in [-0.25, -0.2) is 4.98 Å². The summed E-state index contributed by atoms with van der Waals surface area (Å²) in [5.41, 5.74) is 2.96. The average molecular weight is 364 g/mol. The Bertz CT molecular complexity index is 914. The van der Waals surface area contributed by atoms with Crippen LogP contribution in [0.5, 0.6) is 5.75 Å². The van der Waals surface area contributed by atoms with Crippen LogP contribution in [0.1, 0.15) is 12.0 Å². The van der Waals surface area contributed by atoms with Crippen LogP contribution in [0.15, 0.2) is 59.6 Å². The topological polar surface area (TPSA) is 61.3 Å². The minimum Gasteiger partial charge on any atom is -0.508 e. The molecule has 2 N–H and O–H groups in total. The third kappa shape index (κ3) is 3.32. The van der Waals surface area contributed by atoms with Gasteiger partial charge in [0.15, 0.2) is 0 Å². The number of anilines is 4. The molecule has 6 heteroatoms. The molecular formula is C20H20N4OS. The normalized spacial score (nSPS) is 13.3. The van der Waals surface area contributed by atoms with Gasteiger partial charge in [-0.3, -0.25) is 0 Å². The fraction of sp³-hybridized carbons (Fsp3) is 0.200. The summed E-state index contributed by atoms with van der Waals surface area (Å²) < 4.78 is 0. The Morgan fingerprint density at radius 2 is 1.96 bits per heavy atom. The van der Waals surface area contributed by atoms with Crippen LogP contribution in [0.3, 0.4) is 0 Å². The molecule has 0 saturated carbocycles. The molecule has 0 amide bonds. The zero-order valence-corrected chi connectivity index (χ0v) is 15.3. The number of hydrogen-bond donors (Lipinski definition) is 2. The molecule has 0 radical (unpaired) electrons. The van der Waals surface area contributed by atoms with Crippen molar-refractivity contribution < 1.29 is 5.11 Å². The number of thioether (sulfide) groups is 1. The van der Waals surface area contributed by atoms with E-state index in [1.54, 1.807) is 24.0 Å². The van der Waals surface area contributed by atoms with Crippen LogP contribution in [-0.2, 0) is 6.42 Å². The van der Waals surface area contributed by atoms with Crippen LogP contribution >= 0.6 is 11.8 Å². The van der Waals surface area contributed by atoms with Crippen molar-refractivity contribution in [2.75, 3.05) is 23.0 Å². The molecule has 5 nitrogen and oxygen atoms in total. The van der Waals surface area contributed by atoms with Crippen molar-refractivity contribution >= 4 is 34.9 Å². The number of rotatable bonds is 4. The summed E-state index contributed by atoms with van der Waals surface area (Å²) in [6.45, 7) is 0.870. The molecule has 4 rings (SSSR count). The molecule has 0 fully saturated rings. The number of benzene rings is 2. The van der Waals surface area contributed by atoms with Gasteiger partial charge in [-0.1, -0.05) is 6.07 Å². The van der Waals surface area contributed by atoms with E-state index >= 15 is 0 Å². The maximum absolute atomic E-state index is 10.1. The van der Waals surface area contributed by atoms with E-state index in [-0.39, 0.29) is 0 Å². The van der Waals surface area contributed by atoms with Gasteiger partial charge in [0.2, 0.25) is 5.95 Å². The lowest BCUT2D eigenvalue weighted by Crippen LogP contribution is -2.25. The highest BCUT2D eigenvalue weighted by Crippen LogP contribution is 2.37. The summed E-state index contributed by atoms with van der Waals surface area (Å²) in [5.74, 6) is 1.75. The van der Waals surface area contributed by atoms with E-state index in [0.717, 1.165) is 42.1 Å². The Morgan fingerprint density at radius 3 is 2.77 bits per heavy atom. The smallest absolute Gasteiger partial charge is 0.229 e. The minimum absolute atomic E-state index is 0.355. The summed E-state index contributed by atoms with van der Waals surface area (Å²) in [5, 5.41) is 13.4. The molecule has 0 spiro atoms. The highest BCUT2D eigenvalue weighted by molar-refractivity contribution is 7.98. The molecule has 132 valence electrons. The van der Waals surface area contributed by atoms with Gasteiger partial charge in [-0.05, 0) is 61.6 Å². The zero-order chi connectivity index (χ0) is 17.9. The van der Waals surface area contributed by atoms with Gasteiger partial charge >= 0.3 is 0 Å². The summed E-state index contributed by atoms with van der Waals surface area (Å²) in [4.78, 5) is 12.4. The summed E-state index contributed by atoms with van der Waals surface area (Å²) in [6.07, 6.45) is 5.69. The number of hydrogen-bond acceptors (Lipinski definition) is 6. The lowest BCUT2D eigenvalue weighted by molar-refractivity contribution is 0.465. The van der Waals surface area contributed by atoms with Gasteiger partial charge in [0.1, 0.15) is 11.6 Å². The highest BCUT2D eigenvalue weighted by atomic mass is 32.2. The largest absolute Gasteiger partial charge is 0.508 e. The van der Waals surface area contributed by atoms with E-state index in [1.807, 2.05) is 30.3 Å². The Kier molecular flexibility index (Phi) is 4.67. The van der Waals surface area contributed by atoms with E-state index in [1.165, 1.54) is 4.90 Å². The number of aromatic hydroxyl groups is 1. The molecule has 2 aromatic carbocycles. The van der Waals surface area contributed by atoms with Gasteiger partial charge in [0.05, 0.1) is 0 Å². The zero-order valence-electron chi connectivity index (χ0n) is 14.5. The number of phenolic OH excluding ortho intramolecular Hbond substituents is 1. The predicted octanol–water partition coefficient (Wildman–Crippen LogP) is 4.73. The summed E-state index contributed by atoms with van der Waals surface area (Å²) in [7, 11) is 0. The molecular weight excluding hydrogens is 344 g/mol. The van der Waals surface area contributed by atoms with Crippen LogP contribution < -0.4 is 10.2 Å². The first-order valence-corrected chi connectivity index (χ1v) is 9.79. The number of phenols is 1. The first-order valence-electron chi connectivity index (χ1n) is 8.57. The van der Waals surface area contributed by atoms with Crippen molar-refractivity contribution in [3.63, 3.8) is 0 Å². The van der Waals surface area contributed by atoms with Crippen LogP contribution in [0.2, 0.25) is 0 Å². The van der Waals surface area contributed by atoms with E-state index in [9.17, 15) is 5.11 Å². The van der Waals surface area contributed by atoms with Crippen LogP contribution in [0.4, 0.5) is 23.1 Å². The summed E-state index contributed by atoms with van der Waals surface area (Å²) >= 11 is 1.71. The van der Waals surface area contributed by atoms with Crippen molar-refractivity contribution in [1.82, 2.24) is 9.97 Å². The molecule has 0 bridgehead atoms. The third-order valence-corrected chi connectivity index (χ3v) is 5.23. The fourth-order valence-corrected chi connectivity index (χ4v) is 3.62. The molecule has 1 aromatic heterocycles. The quantitative estimate of drug-likeness (QED) is 0.653. The van der Waals surface area contributed by atoms with Crippen molar-refractivity contribution in [2.24, 2.45) is 0 Å². The Balaban J connectivity index is 1.61. The van der Waals surface area contributed by atoms with Gasteiger partial charge in [0, 0.05) is 34.6 Å². The fourth-order valence-electron chi connectivity index (χ4n) is 3.21. The first-order chi connectivity index (χ1) is 12.7. The number of aromatic nitrogens is 2. The lowest BCUT2D eigenvalue weighted by Gasteiger charge is -2.30. The summed E-state index contributed by atoms with van der Waals surface area (Å²) in [6, 6.07) is 15.7. The van der Waals surface area contributed by atoms with Crippen molar-refractivity contribution in [1.29, 1.82) is 0 Å². The second-order valence-corrected chi connectivity index (χ2v) is 7.00. The van der Waals surface area contributed by atoms with Gasteiger partial charge in [-0.2, -0.15) is 4.98 Å². The molecule has 1 aliphatic heterocycles. The van der Waals surface area contributed by atoms with E-state index in [2.05, 4.69) is 38.6 Å². The Labute approximate surface area is 157 Å². The number of nitrogens with zero attached hydrogens (tertiary/aromatic N) is 3. The standard InChI is InChI=1S/C20H20N4OS/c1-26-15-9-7-14(8-10-15)22-20-21-12-11-19(23-20)24-13-3-4-16-17(24)5-2-6-18(16)25/h2,5-12,25H,3-4,13H2,1H3,(H,21,22,23). The van der Waals surface area contributed by atoms with Crippen molar-refractivity contribution in [2.45, 2.75) is 17.7 Å². The van der Waals surface area contributed by atoms with Crippen LogP contribution in [0, 0.1) is 0 Å². The second kappa shape index (κ2) is 7.25. The molecule has 0 atom stereocenters. The molecule has 26 heavy (non-hydrogen) atoms. The molecule has 3 aromatic rings. The lowest BCUT2D eigenvalue weighted by atomic mass is 10.0. The van der Waals surface area contributed by atoms with Gasteiger partial charge < -0.3 is 15.3 Å². The van der Waals surface area contributed by atoms with Crippen LogP contribution in [0.25, 0.3) is 0 Å².